The standard InChI is InChI=1S/C72H54O18/c73-67(74)49-13-1-43(2-14-49)37-85-61-28-58(29-62(34-61)86-38-44-3-15-50(16-4-44)68(75)76)55-25-56(59-30-63(87-39-45-5-17-51(18-6-45)69(77)78)35-64(31-59)88-40-46-7-19-52(20-8-46)70(79)80)27-57(26-55)60-32-65(89-41-47-9-21-53(22-10-47)71(81)82)36-66(33-60)90-42-48-11-23-54(24-12-48)72(83)84/h1-36H,37-42H2,(H,73,74)(H,75,76)(H,77,78)(H,79,80)(H,81,82)(H,83,84). The van der Waals surface area contributed by atoms with E-state index >= 15 is 0 Å². The summed E-state index contributed by atoms with van der Waals surface area (Å²) in [5.41, 5.74) is 8.42. The molecule has 0 aliphatic carbocycles. The maximum Gasteiger partial charge on any atom is 0.335 e. The summed E-state index contributed by atoms with van der Waals surface area (Å²) in [5, 5.41) is 57.4. The molecule has 90 heavy (non-hydrogen) atoms. The topological polar surface area (TPSA) is 279 Å². The average molecular weight is 1210 g/mol. The van der Waals surface area contributed by atoms with Gasteiger partial charge in [-0.05, 0) is 194 Å². The van der Waals surface area contributed by atoms with Gasteiger partial charge in [0.2, 0.25) is 0 Å². The lowest BCUT2D eigenvalue weighted by Gasteiger charge is -2.17. The molecule has 0 fully saturated rings. The van der Waals surface area contributed by atoms with E-state index in [1.54, 1.807) is 91.0 Å². The van der Waals surface area contributed by atoms with Crippen LogP contribution in [0.25, 0.3) is 33.4 Å². The van der Waals surface area contributed by atoms with Crippen LogP contribution in [0.15, 0.2) is 218 Å². The Labute approximate surface area is 514 Å². The minimum absolute atomic E-state index is 0.0384. The van der Waals surface area contributed by atoms with E-state index in [1.807, 2.05) is 54.6 Å². The van der Waals surface area contributed by atoms with E-state index in [-0.39, 0.29) is 73.0 Å². The van der Waals surface area contributed by atoms with Crippen LogP contribution >= 0.6 is 0 Å². The van der Waals surface area contributed by atoms with Crippen LogP contribution in [0.2, 0.25) is 0 Å². The largest absolute Gasteiger partial charge is 0.489 e. The highest BCUT2D eigenvalue weighted by atomic mass is 16.5. The number of benzene rings is 10. The highest BCUT2D eigenvalue weighted by molar-refractivity contribution is 5.90. The van der Waals surface area contributed by atoms with Gasteiger partial charge in [0.05, 0.1) is 33.4 Å². The molecule has 0 saturated carbocycles. The molecule has 0 amide bonds. The summed E-state index contributed by atoms with van der Waals surface area (Å²) in [7, 11) is 0. The van der Waals surface area contributed by atoms with Crippen molar-refractivity contribution in [3.8, 4) is 67.9 Å². The zero-order chi connectivity index (χ0) is 63.3. The maximum atomic E-state index is 11.7. The van der Waals surface area contributed by atoms with Gasteiger partial charge in [0.25, 0.3) is 0 Å². The second kappa shape index (κ2) is 27.9. The number of aromatic carboxylic acids is 6. The number of ether oxygens (including phenoxy) is 6. The second-order valence-electron chi connectivity index (χ2n) is 20.6. The molecule has 0 bridgehead atoms. The van der Waals surface area contributed by atoms with Gasteiger partial charge in [-0.25, -0.2) is 28.8 Å². The van der Waals surface area contributed by atoms with Gasteiger partial charge in [0, 0.05) is 18.2 Å². The minimum atomic E-state index is -1.08. The predicted octanol–water partition coefficient (Wildman–Crippen LogP) is 14.4. The van der Waals surface area contributed by atoms with E-state index in [9.17, 15) is 59.4 Å². The van der Waals surface area contributed by atoms with Gasteiger partial charge in [0.15, 0.2) is 0 Å². The summed E-state index contributed by atoms with van der Waals surface area (Å²) >= 11 is 0. The van der Waals surface area contributed by atoms with Gasteiger partial charge in [-0.15, -0.1) is 0 Å². The number of carbonyl (C=O) groups is 6. The molecule has 0 saturated heterocycles. The molecular formula is C72H54O18. The van der Waals surface area contributed by atoms with Crippen LogP contribution < -0.4 is 28.4 Å². The van der Waals surface area contributed by atoms with Crippen LogP contribution in [0, 0.1) is 0 Å². The van der Waals surface area contributed by atoms with Crippen molar-refractivity contribution < 1.29 is 87.8 Å². The molecule has 10 rings (SSSR count). The predicted molar refractivity (Wildman–Crippen MR) is 329 cm³/mol. The van der Waals surface area contributed by atoms with Crippen molar-refractivity contribution in [2.45, 2.75) is 39.6 Å². The maximum absolute atomic E-state index is 11.7. The van der Waals surface area contributed by atoms with E-state index in [0.717, 1.165) is 0 Å². The van der Waals surface area contributed by atoms with Crippen molar-refractivity contribution in [3.63, 3.8) is 0 Å². The summed E-state index contributed by atoms with van der Waals surface area (Å²) in [5.74, 6) is -4.24. The van der Waals surface area contributed by atoms with Crippen molar-refractivity contribution in [1.82, 2.24) is 0 Å². The molecule has 450 valence electrons. The molecule has 18 nitrogen and oxygen atoms in total. The minimum Gasteiger partial charge on any atom is -0.489 e. The summed E-state index contributed by atoms with van der Waals surface area (Å²) in [4.78, 5) is 70.1. The number of rotatable bonds is 27. The number of carboxylic acid groups (broad SMARTS) is 6. The smallest absolute Gasteiger partial charge is 0.335 e. The van der Waals surface area contributed by atoms with Gasteiger partial charge in [-0.2, -0.15) is 0 Å². The van der Waals surface area contributed by atoms with Gasteiger partial charge in [0.1, 0.15) is 74.1 Å². The molecule has 6 N–H and O–H groups in total. The van der Waals surface area contributed by atoms with Crippen LogP contribution in [-0.4, -0.2) is 66.5 Å². The first-order valence-corrected chi connectivity index (χ1v) is 27.8. The highest BCUT2D eigenvalue weighted by Crippen LogP contribution is 2.41. The summed E-state index contributed by atoms with van der Waals surface area (Å²) in [6.07, 6.45) is 0. The third kappa shape index (κ3) is 16.2. The second-order valence-corrected chi connectivity index (χ2v) is 20.6. The van der Waals surface area contributed by atoms with Crippen molar-refractivity contribution in [2.24, 2.45) is 0 Å². The lowest BCUT2D eigenvalue weighted by Crippen LogP contribution is -2.01. The fourth-order valence-corrected chi connectivity index (χ4v) is 9.30. The van der Waals surface area contributed by atoms with Crippen LogP contribution in [0.1, 0.15) is 95.5 Å². The molecule has 0 radical (unpaired) electrons. The fraction of sp³-hybridized carbons (Fsp3) is 0.0833. The molecular weight excluding hydrogens is 1150 g/mol. The van der Waals surface area contributed by atoms with Crippen LogP contribution in [-0.2, 0) is 39.6 Å². The first-order valence-electron chi connectivity index (χ1n) is 27.8. The summed E-state index contributed by atoms with van der Waals surface area (Å²) < 4.78 is 38.6. The zero-order valence-electron chi connectivity index (χ0n) is 47.6. The van der Waals surface area contributed by atoms with Crippen molar-refractivity contribution in [3.05, 3.63) is 285 Å². The quantitative estimate of drug-likeness (QED) is 0.0279. The van der Waals surface area contributed by atoms with E-state index in [0.29, 0.717) is 101 Å². The summed E-state index contributed by atoms with van der Waals surface area (Å²) in [6.45, 7) is 0.230. The van der Waals surface area contributed by atoms with Crippen LogP contribution in [0.5, 0.6) is 34.5 Å². The normalized spacial score (nSPS) is 10.8. The van der Waals surface area contributed by atoms with E-state index in [2.05, 4.69) is 0 Å². The molecule has 10 aromatic carbocycles. The Morgan fingerprint density at radius 2 is 0.333 bits per heavy atom. The van der Waals surface area contributed by atoms with E-state index < -0.39 is 35.8 Å². The van der Waals surface area contributed by atoms with Gasteiger partial charge in [-0.1, -0.05) is 72.8 Å². The first kappa shape index (κ1) is 60.9. The molecule has 0 unspecified atom stereocenters. The van der Waals surface area contributed by atoms with Crippen LogP contribution in [0.3, 0.4) is 0 Å². The molecule has 0 aliphatic heterocycles. The lowest BCUT2D eigenvalue weighted by atomic mass is 9.92. The molecule has 0 heterocycles. The molecule has 10 aromatic rings. The molecule has 0 spiro atoms. The zero-order valence-corrected chi connectivity index (χ0v) is 47.6. The Morgan fingerprint density at radius 3 is 0.467 bits per heavy atom. The first-order chi connectivity index (χ1) is 43.4. The Balaban J connectivity index is 1.11. The van der Waals surface area contributed by atoms with Crippen molar-refractivity contribution in [1.29, 1.82) is 0 Å². The SMILES string of the molecule is O=C(O)c1ccc(COc2cc(OCc3ccc(C(=O)O)cc3)cc(-c3cc(-c4cc(OCc5ccc(C(=O)O)cc5)cc(OCc5ccc(C(=O)O)cc5)c4)cc(-c4cc(OCc5ccc(C(=O)O)cc5)cc(OCc5ccc(C(=O)O)cc5)c4)c3)c2)cc1. The highest BCUT2D eigenvalue weighted by Gasteiger charge is 2.17. The van der Waals surface area contributed by atoms with Gasteiger partial charge >= 0.3 is 35.8 Å². The molecule has 0 aromatic heterocycles. The Kier molecular flexibility index (Phi) is 18.9. The third-order valence-corrected chi connectivity index (χ3v) is 14.2. The van der Waals surface area contributed by atoms with Crippen molar-refractivity contribution in [2.75, 3.05) is 0 Å². The number of hydrogen-bond donors (Lipinski definition) is 6. The Morgan fingerprint density at radius 1 is 0.200 bits per heavy atom. The molecule has 18 heteroatoms. The lowest BCUT2D eigenvalue weighted by molar-refractivity contribution is 0.0686. The average Bonchev–Trinajstić information content (AvgIpc) is 0.877. The fourth-order valence-electron chi connectivity index (χ4n) is 9.30. The third-order valence-electron chi connectivity index (χ3n) is 14.2. The number of carboxylic acids is 6. The van der Waals surface area contributed by atoms with Gasteiger partial charge < -0.3 is 59.1 Å². The van der Waals surface area contributed by atoms with E-state index in [1.165, 1.54) is 72.8 Å². The summed E-state index contributed by atoms with van der Waals surface area (Å²) in [6, 6.07) is 59.5. The Hall–Kier alpha value is -12.2. The molecule has 0 atom stereocenters. The monoisotopic (exact) mass is 1210 g/mol. The van der Waals surface area contributed by atoms with Crippen LogP contribution in [0.4, 0.5) is 0 Å². The molecule has 0 aliphatic rings. The number of hydrogen-bond acceptors (Lipinski definition) is 12. The van der Waals surface area contributed by atoms with E-state index in [4.69, 9.17) is 28.4 Å². The Bertz CT molecular complexity index is 3580. The van der Waals surface area contributed by atoms with Gasteiger partial charge in [-0.3, -0.25) is 0 Å². The van der Waals surface area contributed by atoms with Crippen molar-refractivity contribution >= 4 is 35.8 Å².